The van der Waals surface area contributed by atoms with Gasteiger partial charge in [-0.2, -0.15) is 0 Å². The van der Waals surface area contributed by atoms with Crippen LogP contribution in [0.4, 0.5) is 4.39 Å². The first-order chi connectivity index (χ1) is 11.6. The number of ether oxygens (including phenoxy) is 1. The van der Waals surface area contributed by atoms with E-state index in [0.29, 0.717) is 17.9 Å². The Hall–Kier alpha value is -3.14. The molecule has 0 unspecified atom stereocenters. The van der Waals surface area contributed by atoms with E-state index >= 15 is 0 Å². The van der Waals surface area contributed by atoms with Gasteiger partial charge in [-0.05, 0) is 29.3 Å². The van der Waals surface area contributed by atoms with E-state index in [1.807, 2.05) is 54.6 Å². The van der Waals surface area contributed by atoms with Gasteiger partial charge >= 0.3 is 5.97 Å². The van der Waals surface area contributed by atoms with Gasteiger partial charge in [0.1, 0.15) is 18.2 Å². The second kappa shape index (κ2) is 6.96. The summed E-state index contributed by atoms with van der Waals surface area (Å²) >= 11 is 0. The Morgan fingerprint density at radius 2 is 1.67 bits per heavy atom. The van der Waals surface area contributed by atoms with Crippen molar-refractivity contribution in [3.05, 3.63) is 89.7 Å². The van der Waals surface area contributed by atoms with Crippen molar-refractivity contribution >= 4 is 5.97 Å². The molecule has 3 nitrogen and oxygen atoms in total. The summed E-state index contributed by atoms with van der Waals surface area (Å²) < 4.78 is 19.5. The molecule has 0 saturated carbocycles. The lowest BCUT2D eigenvalue weighted by atomic mass is 10.0. The van der Waals surface area contributed by atoms with Crippen molar-refractivity contribution in [2.45, 2.75) is 6.61 Å². The fourth-order valence-electron chi connectivity index (χ4n) is 2.42. The van der Waals surface area contributed by atoms with Crippen LogP contribution >= 0.6 is 0 Å². The molecule has 1 N–H and O–H groups in total. The third-order valence-corrected chi connectivity index (χ3v) is 3.63. The first-order valence-corrected chi connectivity index (χ1v) is 7.44. The van der Waals surface area contributed by atoms with Gasteiger partial charge in [0.05, 0.1) is 5.56 Å². The van der Waals surface area contributed by atoms with Gasteiger partial charge in [0.25, 0.3) is 0 Å². The van der Waals surface area contributed by atoms with Gasteiger partial charge in [-0.3, -0.25) is 0 Å². The Morgan fingerprint density at radius 1 is 0.958 bits per heavy atom. The molecule has 0 aromatic heterocycles. The number of benzene rings is 3. The molecule has 0 spiro atoms. The lowest BCUT2D eigenvalue weighted by Gasteiger charge is -2.12. The van der Waals surface area contributed by atoms with Crippen molar-refractivity contribution in [1.29, 1.82) is 0 Å². The number of carbonyl (C=O) groups is 1. The van der Waals surface area contributed by atoms with Crippen LogP contribution in [0.5, 0.6) is 5.75 Å². The van der Waals surface area contributed by atoms with Crippen LogP contribution in [0.2, 0.25) is 0 Å². The lowest BCUT2D eigenvalue weighted by molar-refractivity contribution is 0.0692. The highest BCUT2D eigenvalue weighted by atomic mass is 19.1. The quantitative estimate of drug-likeness (QED) is 0.736. The molecule has 3 aromatic rings. The van der Waals surface area contributed by atoms with Crippen LogP contribution in [0, 0.1) is 5.82 Å². The molecule has 0 aliphatic rings. The first kappa shape index (κ1) is 15.7. The molecule has 0 bridgehead atoms. The predicted octanol–water partition coefficient (Wildman–Crippen LogP) is 4.77. The Bertz CT molecular complexity index is 860. The standard InChI is InChI=1S/C20H15FO3/c21-18-11-10-15(12-17(18)20(22)23)16-8-4-5-9-19(16)24-13-14-6-2-1-3-7-14/h1-12H,13H2,(H,22,23). The van der Waals surface area contributed by atoms with Crippen LogP contribution in [0.25, 0.3) is 11.1 Å². The Labute approximate surface area is 139 Å². The average Bonchev–Trinajstić information content (AvgIpc) is 2.61. The second-order valence-corrected chi connectivity index (χ2v) is 5.27. The molecule has 0 aliphatic carbocycles. The second-order valence-electron chi connectivity index (χ2n) is 5.27. The highest BCUT2D eigenvalue weighted by molar-refractivity contribution is 5.90. The number of carboxylic acids is 1. The zero-order valence-electron chi connectivity index (χ0n) is 12.8. The molecule has 3 rings (SSSR count). The van der Waals surface area contributed by atoms with Gasteiger partial charge in [0.2, 0.25) is 0 Å². The molecular weight excluding hydrogens is 307 g/mol. The smallest absolute Gasteiger partial charge is 0.338 e. The summed E-state index contributed by atoms with van der Waals surface area (Å²) in [6.07, 6.45) is 0. The van der Waals surface area contributed by atoms with Crippen LogP contribution in [0.3, 0.4) is 0 Å². The highest BCUT2D eigenvalue weighted by Gasteiger charge is 2.13. The maximum atomic E-state index is 13.6. The number of para-hydroxylation sites is 1. The van der Waals surface area contributed by atoms with E-state index in [9.17, 15) is 9.18 Å². The SMILES string of the molecule is O=C(O)c1cc(-c2ccccc2OCc2ccccc2)ccc1F. The third-order valence-electron chi connectivity index (χ3n) is 3.63. The lowest BCUT2D eigenvalue weighted by Crippen LogP contribution is -2.01. The van der Waals surface area contributed by atoms with Crippen LogP contribution < -0.4 is 4.74 Å². The Kier molecular flexibility index (Phi) is 4.57. The van der Waals surface area contributed by atoms with Gasteiger partial charge in [-0.25, -0.2) is 9.18 Å². The van der Waals surface area contributed by atoms with E-state index in [2.05, 4.69) is 0 Å². The molecule has 0 aliphatic heterocycles. The van der Waals surface area contributed by atoms with Gasteiger partial charge in [0, 0.05) is 5.56 Å². The zero-order chi connectivity index (χ0) is 16.9. The minimum absolute atomic E-state index is 0.356. The van der Waals surface area contributed by atoms with E-state index in [1.165, 1.54) is 6.07 Å². The van der Waals surface area contributed by atoms with Crippen LogP contribution in [0.15, 0.2) is 72.8 Å². The van der Waals surface area contributed by atoms with Crippen molar-refractivity contribution < 1.29 is 19.0 Å². The van der Waals surface area contributed by atoms with E-state index in [0.717, 1.165) is 17.2 Å². The number of aromatic carboxylic acids is 1. The molecule has 0 amide bonds. The number of rotatable bonds is 5. The zero-order valence-corrected chi connectivity index (χ0v) is 12.8. The summed E-state index contributed by atoms with van der Waals surface area (Å²) in [6, 6.07) is 21.0. The molecule has 0 heterocycles. The fraction of sp³-hybridized carbons (Fsp3) is 0.0500. The van der Waals surface area contributed by atoms with E-state index in [4.69, 9.17) is 9.84 Å². The summed E-state index contributed by atoms with van der Waals surface area (Å²) in [6.45, 7) is 0.394. The summed E-state index contributed by atoms with van der Waals surface area (Å²) in [5.41, 5.74) is 1.98. The molecule has 0 fully saturated rings. The van der Waals surface area contributed by atoms with Crippen LogP contribution in [-0.2, 0) is 6.61 Å². The monoisotopic (exact) mass is 322 g/mol. The van der Waals surface area contributed by atoms with Crippen molar-refractivity contribution in [3.8, 4) is 16.9 Å². The minimum Gasteiger partial charge on any atom is -0.488 e. The summed E-state index contributed by atoms with van der Waals surface area (Å²) in [5, 5.41) is 9.09. The largest absolute Gasteiger partial charge is 0.488 e. The van der Waals surface area contributed by atoms with Crippen molar-refractivity contribution in [1.82, 2.24) is 0 Å². The molecule has 24 heavy (non-hydrogen) atoms. The van der Waals surface area contributed by atoms with Gasteiger partial charge in [0.15, 0.2) is 0 Å². The molecule has 0 saturated heterocycles. The molecule has 3 aromatic carbocycles. The van der Waals surface area contributed by atoms with E-state index in [1.54, 1.807) is 6.07 Å². The molecule has 0 radical (unpaired) electrons. The summed E-state index contributed by atoms with van der Waals surface area (Å²) in [5.74, 6) is -1.43. The topological polar surface area (TPSA) is 46.5 Å². The van der Waals surface area contributed by atoms with Crippen molar-refractivity contribution in [3.63, 3.8) is 0 Å². The predicted molar refractivity (Wildman–Crippen MR) is 89.6 cm³/mol. The number of carboxylic acid groups (broad SMARTS) is 1. The Morgan fingerprint density at radius 3 is 2.42 bits per heavy atom. The highest BCUT2D eigenvalue weighted by Crippen LogP contribution is 2.31. The van der Waals surface area contributed by atoms with E-state index < -0.39 is 11.8 Å². The first-order valence-electron chi connectivity index (χ1n) is 7.44. The molecular formula is C20H15FO3. The van der Waals surface area contributed by atoms with E-state index in [-0.39, 0.29) is 5.56 Å². The fourth-order valence-corrected chi connectivity index (χ4v) is 2.42. The molecule has 4 heteroatoms. The third kappa shape index (κ3) is 3.43. The normalized spacial score (nSPS) is 10.4. The van der Waals surface area contributed by atoms with Crippen LogP contribution in [-0.4, -0.2) is 11.1 Å². The summed E-state index contributed by atoms with van der Waals surface area (Å²) in [7, 11) is 0. The maximum absolute atomic E-state index is 13.6. The Balaban J connectivity index is 1.92. The summed E-state index contributed by atoms with van der Waals surface area (Å²) in [4.78, 5) is 11.1. The molecule has 0 atom stereocenters. The maximum Gasteiger partial charge on any atom is 0.338 e. The van der Waals surface area contributed by atoms with Gasteiger partial charge in [-0.1, -0.05) is 54.6 Å². The molecule has 120 valence electrons. The number of hydrogen-bond acceptors (Lipinski definition) is 2. The van der Waals surface area contributed by atoms with Gasteiger partial charge < -0.3 is 9.84 Å². The van der Waals surface area contributed by atoms with Gasteiger partial charge in [-0.15, -0.1) is 0 Å². The van der Waals surface area contributed by atoms with Crippen LogP contribution in [0.1, 0.15) is 15.9 Å². The van der Waals surface area contributed by atoms with Crippen molar-refractivity contribution in [2.75, 3.05) is 0 Å². The van der Waals surface area contributed by atoms with Crippen molar-refractivity contribution in [2.24, 2.45) is 0 Å². The minimum atomic E-state index is -1.29. The number of halogens is 1. The number of hydrogen-bond donors (Lipinski definition) is 1. The average molecular weight is 322 g/mol.